The van der Waals surface area contributed by atoms with E-state index in [0.29, 0.717) is 0 Å². The first-order valence-electron chi connectivity index (χ1n) is 3.19. The van der Waals surface area contributed by atoms with Gasteiger partial charge in [-0.05, 0) is 18.7 Å². The Hall–Kier alpha value is -0.500. The van der Waals surface area contributed by atoms with Gasteiger partial charge in [-0.1, -0.05) is 6.92 Å². The molecule has 0 rings (SSSR count). The highest BCUT2D eigenvalue weighted by molar-refractivity contribution is 4.85. The quantitative estimate of drug-likeness (QED) is 0.610. The molecule has 1 unspecified atom stereocenters. The van der Waals surface area contributed by atoms with Crippen LogP contribution in [0, 0.1) is 0 Å². The van der Waals surface area contributed by atoms with Gasteiger partial charge in [-0.25, -0.2) is 0 Å². The molecular weight excluding hydrogens is 114 g/mol. The van der Waals surface area contributed by atoms with Gasteiger partial charge in [0.15, 0.2) is 0 Å². The number of hydrogen-bond donors (Lipinski definition) is 1. The second-order valence-electron chi connectivity index (χ2n) is 2.28. The molecule has 0 spiro atoms. The Morgan fingerprint density at radius 3 is 2.44 bits per heavy atom. The Labute approximate surface area is 56.8 Å². The molecule has 0 saturated heterocycles. The minimum atomic E-state index is -0.285. The van der Waals surface area contributed by atoms with E-state index in [1.54, 1.807) is 6.08 Å². The first kappa shape index (κ1) is 8.50. The molecule has 0 aromatic carbocycles. The van der Waals surface area contributed by atoms with Crippen LogP contribution >= 0.6 is 0 Å². The molecule has 2 heteroatoms. The molecule has 1 atom stereocenters. The first-order valence-corrected chi connectivity index (χ1v) is 3.19. The van der Waals surface area contributed by atoms with Crippen molar-refractivity contribution in [2.45, 2.75) is 19.4 Å². The van der Waals surface area contributed by atoms with Crippen LogP contribution in [0.2, 0.25) is 0 Å². The molecule has 0 aromatic heterocycles. The molecule has 54 valence electrons. The van der Waals surface area contributed by atoms with Crippen molar-refractivity contribution in [2.75, 3.05) is 14.1 Å². The fourth-order valence-electron chi connectivity index (χ4n) is 0.408. The summed E-state index contributed by atoms with van der Waals surface area (Å²) < 4.78 is 0. The van der Waals surface area contributed by atoms with Gasteiger partial charge in [-0.15, -0.1) is 0 Å². The lowest BCUT2D eigenvalue weighted by atomic mass is 10.3. The second-order valence-corrected chi connectivity index (χ2v) is 2.28. The van der Waals surface area contributed by atoms with Crippen molar-refractivity contribution in [3.05, 3.63) is 12.3 Å². The molecule has 0 aliphatic rings. The number of aliphatic hydroxyl groups is 1. The summed E-state index contributed by atoms with van der Waals surface area (Å²) in [5, 5.41) is 8.99. The smallest absolute Gasteiger partial charge is 0.0735 e. The Bertz CT molecular complexity index is 88.9. The van der Waals surface area contributed by atoms with Crippen LogP contribution in [0.5, 0.6) is 0 Å². The molecule has 0 amide bonds. The van der Waals surface area contributed by atoms with Crippen LogP contribution in [0.25, 0.3) is 0 Å². The number of aliphatic hydroxyl groups excluding tert-OH is 1. The van der Waals surface area contributed by atoms with Gasteiger partial charge in [0.1, 0.15) is 0 Å². The highest BCUT2D eigenvalue weighted by Gasteiger charge is 1.90. The molecule has 0 bridgehead atoms. The lowest BCUT2D eigenvalue weighted by Gasteiger charge is -2.05. The van der Waals surface area contributed by atoms with E-state index in [0.717, 1.165) is 6.42 Å². The average molecular weight is 129 g/mol. The van der Waals surface area contributed by atoms with Crippen molar-refractivity contribution < 1.29 is 5.11 Å². The zero-order valence-electron chi connectivity index (χ0n) is 6.33. The average Bonchev–Trinajstić information content (AvgIpc) is 1.83. The summed E-state index contributed by atoms with van der Waals surface area (Å²) in [5.74, 6) is 0. The van der Waals surface area contributed by atoms with E-state index in [4.69, 9.17) is 5.11 Å². The zero-order valence-corrected chi connectivity index (χ0v) is 6.33. The second kappa shape index (κ2) is 4.39. The lowest BCUT2D eigenvalue weighted by molar-refractivity contribution is 0.217. The van der Waals surface area contributed by atoms with Gasteiger partial charge >= 0.3 is 0 Å². The first-order chi connectivity index (χ1) is 4.16. The molecule has 1 N–H and O–H groups in total. The summed E-state index contributed by atoms with van der Waals surface area (Å²) in [6.07, 6.45) is 4.13. The summed E-state index contributed by atoms with van der Waals surface area (Å²) in [7, 11) is 3.86. The predicted molar refractivity (Wildman–Crippen MR) is 39.1 cm³/mol. The predicted octanol–water partition coefficient (Wildman–Crippen LogP) is 0.833. The van der Waals surface area contributed by atoms with Gasteiger partial charge in [0.05, 0.1) is 6.10 Å². The molecule has 0 aliphatic heterocycles. The van der Waals surface area contributed by atoms with Crippen LogP contribution in [-0.4, -0.2) is 30.2 Å². The van der Waals surface area contributed by atoms with E-state index in [1.165, 1.54) is 0 Å². The SMILES string of the molecule is CCC(O)C=CN(C)C. The van der Waals surface area contributed by atoms with E-state index in [1.807, 2.05) is 32.1 Å². The van der Waals surface area contributed by atoms with Crippen molar-refractivity contribution in [2.24, 2.45) is 0 Å². The minimum absolute atomic E-state index is 0.285. The van der Waals surface area contributed by atoms with Gasteiger partial charge in [-0.2, -0.15) is 0 Å². The molecule has 0 aromatic rings. The van der Waals surface area contributed by atoms with Crippen molar-refractivity contribution in [3.8, 4) is 0 Å². The van der Waals surface area contributed by atoms with E-state index in [9.17, 15) is 0 Å². The molecule has 0 saturated carbocycles. The van der Waals surface area contributed by atoms with Crippen LogP contribution in [0.1, 0.15) is 13.3 Å². The number of nitrogens with zero attached hydrogens (tertiary/aromatic N) is 1. The Balaban J connectivity index is 3.43. The summed E-state index contributed by atoms with van der Waals surface area (Å²) in [6.45, 7) is 1.95. The molecule has 0 heterocycles. The van der Waals surface area contributed by atoms with Crippen LogP contribution in [0.15, 0.2) is 12.3 Å². The fourth-order valence-corrected chi connectivity index (χ4v) is 0.408. The Kier molecular flexibility index (Phi) is 4.14. The highest BCUT2D eigenvalue weighted by Crippen LogP contribution is 1.91. The molecule has 9 heavy (non-hydrogen) atoms. The van der Waals surface area contributed by atoms with Gasteiger partial charge in [0.2, 0.25) is 0 Å². The largest absolute Gasteiger partial charge is 0.389 e. The van der Waals surface area contributed by atoms with Crippen molar-refractivity contribution in [1.29, 1.82) is 0 Å². The standard InChI is InChI=1S/C7H15NO/c1-4-7(9)5-6-8(2)3/h5-7,9H,4H2,1-3H3. The topological polar surface area (TPSA) is 23.5 Å². The number of hydrogen-bond acceptors (Lipinski definition) is 2. The lowest BCUT2D eigenvalue weighted by Crippen LogP contribution is -2.05. The normalized spacial score (nSPS) is 14.2. The van der Waals surface area contributed by atoms with E-state index >= 15 is 0 Å². The maximum atomic E-state index is 8.99. The van der Waals surface area contributed by atoms with E-state index < -0.39 is 0 Å². The van der Waals surface area contributed by atoms with E-state index in [2.05, 4.69) is 0 Å². The number of rotatable bonds is 3. The summed E-state index contributed by atoms with van der Waals surface area (Å²) >= 11 is 0. The molecule has 0 fully saturated rings. The third kappa shape index (κ3) is 5.37. The van der Waals surface area contributed by atoms with E-state index in [-0.39, 0.29) is 6.10 Å². The molecular formula is C7H15NO. The van der Waals surface area contributed by atoms with Crippen LogP contribution in [0.4, 0.5) is 0 Å². The van der Waals surface area contributed by atoms with Gasteiger partial charge < -0.3 is 10.0 Å². The van der Waals surface area contributed by atoms with Crippen molar-refractivity contribution >= 4 is 0 Å². The van der Waals surface area contributed by atoms with Gasteiger partial charge in [0, 0.05) is 14.1 Å². The molecule has 0 aliphatic carbocycles. The summed E-state index contributed by atoms with van der Waals surface area (Å²) in [5.41, 5.74) is 0. The van der Waals surface area contributed by atoms with Crippen LogP contribution in [0.3, 0.4) is 0 Å². The fraction of sp³-hybridized carbons (Fsp3) is 0.714. The third-order valence-electron chi connectivity index (χ3n) is 1.02. The Morgan fingerprint density at radius 1 is 1.56 bits per heavy atom. The van der Waals surface area contributed by atoms with Crippen molar-refractivity contribution in [3.63, 3.8) is 0 Å². The highest BCUT2D eigenvalue weighted by atomic mass is 16.3. The monoisotopic (exact) mass is 129 g/mol. The zero-order chi connectivity index (χ0) is 7.28. The maximum Gasteiger partial charge on any atom is 0.0735 e. The van der Waals surface area contributed by atoms with Crippen LogP contribution < -0.4 is 0 Å². The maximum absolute atomic E-state index is 8.99. The summed E-state index contributed by atoms with van der Waals surface area (Å²) in [6, 6.07) is 0. The summed E-state index contributed by atoms with van der Waals surface area (Å²) in [4.78, 5) is 1.90. The Morgan fingerprint density at radius 2 is 2.11 bits per heavy atom. The van der Waals surface area contributed by atoms with Crippen LogP contribution in [-0.2, 0) is 0 Å². The molecule has 2 nitrogen and oxygen atoms in total. The minimum Gasteiger partial charge on any atom is -0.389 e. The van der Waals surface area contributed by atoms with Gasteiger partial charge in [-0.3, -0.25) is 0 Å². The van der Waals surface area contributed by atoms with Crippen molar-refractivity contribution in [1.82, 2.24) is 4.90 Å². The molecule has 0 radical (unpaired) electrons. The third-order valence-corrected chi connectivity index (χ3v) is 1.02. The van der Waals surface area contributed by atoms with Gasteiger partial charge in [0.25, 0.3) is 0 Å².